The highest BCUT2D eigenvalue weighted by atomic mass is 32.2. The fraction of sp³-hybridized carbons (Fsp3) is 1.00. The molecular weight excluding hydrogens is 202 g/mol. The van der Waals surface area contributed by atoms with E-state index in [0.717, 1.165) is 25.7 Å². The van der Waals surface area contributed by atoms with Gasteiger partial charge in [-0.05, 0) is 26.2 Å². The Labute approximate surface area is 85.8 Å². The molecule has 2 N–H and O–H groups in total. The van der Waals surface area contributed by atoms with Crippen molar-refractivity contribution < 1.29 is 13.5 Å². The van der Waals surface area contributed by atoms with E-state index in [4.69, 9.17) is 5.11 Å². The van der Waals surface area contributed by atoms with Gasteiger partial charge in [0, 0.05) is 12.6 Å². The summed E-state index contributed by atoms with van der Waals surface area (Å²) in [5.41, 5.74) is 0. The van der Waals surface area contributed by atoms with E-state index < -0.39 is 10.0 Å². The van der Waals surface area contributed by atoms with E-state index in [1.165, 1.54) is 0 Å². The fourth-order valence-electron chi connectivity index (χ4n) is 1.83. The number of rotatable bonds is 5. The molecule has 0 amide bonds. The minimum absolute atomic E-state index is 0.0222. The van der Waals surface area contributed by atoms with Crippen LogP contribution in [0.1, 0.15) is 39.0 Å². The van der Waals surface area contributed by atoms with Gasteiger partial charge in [-0.1, -0.05) is 12.8 Å². The van der Waals surface area contributed by atoms with E-state index in [2.05, 4.69) is 4.72 Å². The summed E-state index contributed by atoms with van der Waals surface area (Å²) in [4.78, 5) is 0. The smallest absolute Gasteiger partial charge is 0.214 e. The van der Waals surface area contributed by atoms with Crippen LogP contribution in [0.4, 0.5) is 0 Å². The normalized spacial score (nSPS) is 21.3. The zero-order chi connectivity index (χ0) is 10.6. The first-order valence-electron chi connectivity index (χ1n) is 5.18. The fourth-order valence-corrected chi connectivity index (χ4v) is 3.65. The van der Waals surface area contributed by atoms with Gasteiger partial charge in [0.25, 0.3) is 0 Å². The molecule has 0 aromatic heterocycles. The largest absolute Gasteiger partial charge is 0.396 e. The van der Waals surface area contributed by atoms with Crippen LogP contribution in [0, 0.1) is 0 Å². The zero-order valence-corrected chi connectivity index (χ0v) is 9.39. The van der Waals surface area contributed by atoms with Crippen LogP contribution in [0.25, 0.3) is 0 Å². The maximum absolute atomic E-state index is 11.7. The van der Waals surface area contributed by atoms with Gasteiger partial charge in [-0.15, -0.1) is 0 Å². The highest BCUT2D eigenvalue weighted by Crippen LogP contribution is 2.24. The molecule has 0 saturated heterocycles. The SMILES string of the molecule is CC(CCO)NS(=O)(=O)C1CCCC1. The second kappa shape index (κ2) is 5.09. The monoisotopic (exact) mass is 221 g/mol. The molecule has 1 saturated carbocycles. The van der Waals surface area contributed by atoms with Crippen molar-refractivity contribution in [2.45, 2.75) is 50.3 Å². The summed E-state index contributed by atoms with van der Waals surface area (Å²) in [7, 11) is -3.14. The van der Waals surface area contributed by atoms with E-state index in [9.17, 15) is 8.42 Å². The number of aliphatic hydroxyl groups excluding tert-OH is 1. The highest BCUT2D eigenvalue weighted by Gasteiger charge is 2.29. The van der Waals surface area contributed by atoms with Gasteiger partial charge < -0.3 is 5.11 Å². The first-order valence-corrected chi connectivity index (χ1v) is 6.73. The number of sulfonamides is 1. The molecule has 4 nitrogen and oxygen atoms in total. The van der Waals surface area contributed by atoms with E-state index in [1.807, 2.05) is 0 Å². The Morgan fingerprint density at radius 3 is 2.50 bits per heavy atom. The van der Waals surface area contributed by atoms with Crippen LogP contribution in [0.5, 0.6) is 0 Å². The molecule has 0 radical (unpaired) electrons. The Morgan fingerprint density at radius 1 is 1.43 bits per heavy atom. The minimum Gasteiger partial charge on any atom is -0.396 e. The molecule has 1 atom stereocenters. The molecule has 1 aliphatic carbocycles. The highest BCUT2D eigenvalue weighted by molar-refractivity contribution is 7.90. The molecule has 0 spiro atoms. The third-order valence-corrected chi connectivity index (χ3v) is 4.75. The standard InChI is InChI=1S/C9H19NO3S/c1-8(6-7-11)10-14(12,13)9-4-2-3-5-9/h8-11H,2-7H2,1H3. The minimum atomic E-state index is -3.14. The number of hydrogen-bond donors (Lipinski definition) is 2. The van der Waals surface area contributed by atoms with Gasteiger partial charge in [0.15, 0.2) is 0 Å². The van der Waals surface area contributed by atoms with Gasteiger partial charge >= 0.3 is 0 Å². The summed E-state index contributed by atoms with van der Waals surface area (Å²) in [5.74, 6) is 0. The molecule has 1 rings (SSSR count). The van der Waals surface area contributed by atoms with E-state index >= 15 is 0 Å². The molecular formula is C9H19NO3S. The summed E-state index contributed by atoms with van der Waals surface area (Å²) in [6.07, 6.45) is 4.06. The van der Waals surface area contributed by atoms with Crippen molar-refractivity contribution in [1.82, 2.24) is 4.72 Å². The third-order valence-electron chi connectivity index (χ3n) is 2.67. The Balaban J connectivity index is 2.48. The molecule has 1 fully saturated rings. The molecule has 5 heteroatoms. The van der Waals surface area contributed by atoms with Crippen LogP contribution in [0.3, 0.4) is 0 Å². The lowest BCUT2D eigenvalue weighted by Gasteiger charge is -2.16. The summed E-state index contributed by atoms with van der Waals surface area (Å²) in [6, 6.07) is -0.161. The average Bonchev–Trinajstić information content (AvgIpc) is 2.54. The molecule has 0 aromatic carbocycles. The van der Waals surface area contributed by atoms with Gasteiger partial charge in [0.05, 0.1) is 5.25 Å². The van der Waals surface area contributed by atoms with Crippen LogP contribution in [-0.4, -0.2) is 31.4 Å². The molecule has 14 heavy (non-hydrogen) atoms. The molecule has 1 aliphatic rings. The second-order valence-electron chi connectivity index (χ2n) is 3.98. The molecule has 0 bridgehead atoms. The van der Waals surface area contributed by atoms with Gasteiger partial charge in [0.1, 0.15) is 0 Å². The van der Waals surface area contributed by atoms with E-state index in [-0.39, 0.29) is 17.9 Å². The van der Waals surface area contributed by atoms with Crippen LogP contribution >= 0.6 is 0 Å². The van der Waals surface area contributed by atoms with Crippen molar-refractivity contribution in [3.63, 3.8) is 0 Å². The lowest BCUT2D eigenvalue weighted by Crippen LogP contribution is -2.39. The Morgan fingerprint density at radius 2 is 2.00 bits per heavy atom. The van der Waals surface area contributed by atoms with Crippen molar-refractivity contribution in [2.75, 3.05) is 6.61 Å². The maximum Gasteiger partial charge on any atom is 0.214 e. The summed E-state index contributed by atoms with van der Waals surface area (Å²) < 4.78 is 26.1. The Bertz CT molecular complexity index is 257. The van der Waals surface area contributed by atoms with E-state index in [0.29, 0.717) is 6.42 Å². The summed E-state index contributed by atoms with van der Waals surface area (Å²) >= 11 is 0. The van der Waals surface area contributed by atoms with Gasteiger partial charge in [0.2, 0.25) is 10.0 Å². The van der Waals surface area contributed by atoms with Gasteiger partial charge in [-0.2, -0.15) is 0 Å². The van der Waals surface area contributed by atoms with Crippen LogP contribution in [0.2, 0.25) is 0 Å². The van der Waals surface area contributed by atoms with Crippen molar-refractivity contribution in [3.8, 4) is 0 Å². The van der Waals surface area contributed by atoms with Crippen LogP contribution in [-0.2, 0) is 10.0 Å². The van der Waals surface area contributed by atoms with Crippen molar-refractivity contribution in [1.29, 1.82) is 0 Å². The molecule has 1 unspecified atom stereocenters. The third kappa shape index (κ3) is 3.22. The lowest BCUT2D eigenvalue weighted by molar-refractivity contribution is 0.275. The topological polar surface area (TPSA) is 66.4 Å². The molecule has 0 aliphatic heterocycles. The number of aliphatic hydroxyl groups is 1. The van der Waals surface area contributed by atoms with Crippen LogP contribution < -0.4 is 4.72 Å². The average molecular weight is 221 g/mol. The molecule has 0 heterocycles. The number of hydrogen-bond acceptors (Lipinski definition) is 3. The van der Waals surface area contributed by atoms with E-state index in [1.54, 1.807) is 6.92 Å². The summed E-state index contributed by atoms with van der Waals surface area (Å²) in [6.45, 7) is 1.80. The first-order chi connectivity index (χ1) is 6.56. The zero-order valence-electron chi connectivity index (χ0n) is 8.57. The van der Waals surface area contributed by atoms with Crippen molar-refractivity contribution in [2.24, 2.45) is 0 Å². The second-order valence-corrected chi connectivity index (χ2v) is 5.98. The first kappa shape index (κ1) is 11.9. The van der Waals surface area contributed by atoms with Crippen molar-refractivity contribution in [3.05, 3.63) is 0 Å². The van der Waals surface area contributed by atoms with Gasteiger partial charge in [-0.25, -0.2) is 13.1 Å². The Hall–Kier alpha value is -0.130. The number of nitrogens with one attached hydrogen (secondary N) is 1. The Kier molecular flexibility index (Phi) is 4.34. The van der Waals surface area contributed by atoms with Crippen molar-refractivity contribution >= 4 is 10.0 Å². The van der Waals surface area contributed by atoms with Crippen LogP contribution in [0.15, 0.2) is 0 Å². The predicted molar refractivity (Wildman–Crippen MR) is 55.5 cm³/mol. The van der Waals surface area contributed by atoms with Gasteiger partial charge in [-0.3, -0.25) is 0 Å². The quantitative estimate of drug-likeness (QED) is 0.715. The predicted octanol–water partition coefficient (Wildman–Crippen LogP) is 0.619. The summed E-state index contributed by atoms with van der Waals surface area (Å²) in [5, 5.41) is 8.46. The molecule has 84 valence electrons. The lowest BCUT2D eigenvalue weighted by atomic mass is 10.3. The maximum atomic E-state index is 11.7. The molecule has 0 aromatic rings.